The molecule has 0 saturated carbocycles. The van der Waals surface area contributed by atoms with Gasteiger partial charge in [-0.2, -0.15) is 18.3 Å². The summed E-state index contributed by atoms with van der Waals surface area (Å²) in [5.74, 6) is 2.98. The number of piperazine rings is 1. The third-order valence-electron chi connectivity index (χ3n) is 14.0. The van der Waals surface area contributed by atoms with Crippen LogP contribution in [0.15, 0.2) is 73.1 Å². The smallest absolute Gasteiger partial charge is 0.325 e. The molecular weight excluding hydrogens is 952 g/mol. The molecule has 6 amide bonds. The molecule has 74 heavy (non-hydrogen) atoms. The molecule has 1 atom stereocenters. The van der Waals surface area contributed by atoms with Gasteiger partial charge in [0.05, 0.1) is 28.6 Å². The Morgan fingerprint density at radius 1 is 0.770 bits per heavy atom. The standard InChI is InChI=1S/C56H62F3N9O6/c1-37-18-20-40(32-39(37)21-19-38-31-42-35-61-65-51(42)60-34-38)52(71)62-43-23-22-41(45(33-43)56(57,58)59)36-67-29-27-66(28-30-67)26-13-11-9-7-5-3-2-4-6-8-10-12-17-48(69)63-46-16-14-15-44-50(46)55(74)68(54(44)73)47-24-25-49(70)64-53(47)72/h14-16,18,20,22-23,31-35,47H,2-13,17,24-30,36H2,1H3,(H,62,71)(H,63,69)(H,60,61,65)(H,64,70,72). The topological polar surface area (TPSA) is 190 Å². The number of fused-ring (bicyclic) bond motifs is 2. The highest BCUT2D eigenvalue weighted by Crippen LogP contribution is 2.36. The van der Waals surface area contributed by atoms with Gasteiger partial charge in [-0.25, -0.2) is 4.98 Å². The van der Waals surface area contributed by atoms with Crippen molar-refractivity contribution in [1.82, 2.24) is 35.2 Å². The van der Waals surface area contributed by atoms with Crippen LogP contribution in [0.25, 0.3) is 11.0 Å². The van der Waals surface area contributed by atoms with E-state index in [1.54, 1.807) is 42.7 Å². The molecule has 3 aliphatic rings. The maximum Gasteiger partial charge on any atom is 0.416 e. The zero-order chi connectivity index (χ0) is 52.2. The predicted molar refractivity (Wildman–Crippen MR) is 274 cm³/mol. The molecule has 8 rings (SSSR count). The van der Waals surface area contributed by atoms with Gasteiger partial charge >= 0.3 is 6.18 Å². The minimum atomic E-state index is -4.60. The molecule has 1 unspecified atom stereocenters. The van der Waals surface area contributed by atoms with Crippen molar-refractivity contribution in [2.75, 3.05) is 43.4 Å². The van der Waals surface area contributed by atoms with E-state index in [0.29, 0.717) is 36.3 Å². The van der Waals surface area contributed by atoms with Crippen molar-refractivity contribution in [3.63, 3.8) is 0 Å². The van der Waals surface area contributed by atoms with Gasteiger partial charge in [-0.15, -0.1) is 0 Å². The van der Waals surface area contributed by atoms with Gasteiger partial charge in [-0.05, 0) is 86.3 Å². The van der Waals surface area contributed by atoms with Crippen molar-refractivity contribution in [3.05, 3.63) is 118 Å². The maximum atomic E-state index is 14.4. The van der Waals surface area contributed by atoms with E-state index in [9.17, 15) is 41.9 Å². The van der Waals surface area contributed by atoms with E-state index in [0.717, 1.165) is 80.1 Å². The molecule has 0 spiro atoms. The lowest BCUT2D eigenvalue weighted by Crippen LogP contribution is -2.54. The van der Waals surface area contributed by atoms with E-state index in [4.69, 9.17) is 0 Å². The first-order chi connectivity index (χ1) is 35.7. The second-order valence-electron chi connectivity index (χ2n) is 19.5. The van der Waals surface area contributed by atoms with Crippen molar-refractivity contribution < 1.29 is 41.9 Å². The Balaban J connectivity index is 0.660. The Labute approximate surface area is 428 Å². The van der Waals surface area contributed by atoms with Crippen LogP contribution in [-0.2, 0) is 27.1 Å². The number of anilines is 2. The molecule has 5 heterocycles. The summed E-state index contributed by atoms with van der Waals surface area (Å²) in [7, 11) is 0. The fourth-order valence-electron chi connectivity index (χ4n) is 9.83. The Morgan fingerprint density at radius 3 is 2.19 bits per heavy atom. The molecule has 2 fully saturated rings. The number of piperidine rings is 1. The number of hydrogen-bond acceptors (Lipinski definition) is 10. The molecule has 388 valence electrons. The number of unbranched alkanes of at least 4 members (excludes halogenated alkanes) is 11. The third kappa shape index (κ3) is 13.7. The molecule has 2 saturated heterocycles. The molecule has 15 nitrogen and oxygen atoms in total. The fourth-order valence-corrected chi connectivity index (χ4v) is 9.83. The number of pyridine rings is 1. The number of benzene rings is 3. The minimum Gasteiger partial charge on any atom is -0.325 e. The van der Waals surface area contributed by atoms with Crippen LogP contribution in [0.5, 0.6) is 0 Å². The first-order valence-electron chi connectivity index (χ1n) is 25.7. The summed E-state index contributed by atoms with van der Waals surface area (Å²) >= 11 is 0. The van der Waals surface area contributed by atoms with Gasteiger partial charge in [-0.3, -0.25) is 49.0 Å². The number of amides is 6. The Morgan fingerprint density at radius 2 is 1.47 bits per heavy atom. The van der Waals surface area contributed by atoms with E-state index in [1.165, 1.54) is 50.3 Å². The monoisotopic (exact) mass is 1010 g/mol. The molecule has 0 bridgehead atoms. The van der Waals surface area contributed by atoms with E-state index in [-0.39, 0.29) is 65.3 Å². The van der Waals surface area contributed by atoms with E-state index >= 15 is 0 Å². The number of nitrogens with zero attached hydrogens (tertiary/aromatic N) is 5. The Bertz CT molecular complexity index is 2950. The normalized spacial score (nSPS) is 16.3. The number of halogens is 3. The van der Waals surface area contributed by atoms with Crippen LogP contribution in [0.4, 0.5) is 24.5 Å². The fraction of sp³-hybridized carbons (Fsp3) is 0.429. The van der Waals surface area contributed by atoms with Gasteiger partial charge in [-0.1, -0.05) is 94.2 Å². The largest absolute Gasteiger partial charge is 0.416 e. The number of carbonyl (C=O) groups excluding carboxylic acids is 6. The number of hydrogen-bond donors (Lipinski definition) is 4. The highest BCUT2D eigenvalue weighted by molar-refractivity contribution is 6.26. The SMILES string of the molecule is Cc1ccc(C(=O)Nc2ccc(CN3CCN(CCCCCCCCCCCCCCC(=O)Nc4cccc5c4C(=O)N(C4CCC(=O)NC4=O)C5=O)CC3)c(C(F)(F)F)c2)cc1C#Cc1cnc2[nH]ncc2c1. The quantitative estimate of drug-likeness (QED) is 0.0313. The highest BCUT2D eigenvalue weighted by atomic mass is 19.4. The van der Waals surface area contributed by atoms with Gasteiger partial charge in [0.15, 0.2) is 5.65 Å². The zero-order valence-corrected chi connectivity index (χ0v) is 41.7. The lowest BCUT2D eigenvalue weighted by atomic mass is 10.0. The van der Waals surface area contributed by atoms with E-state index in [2.05, 4.69) is 52.8 Å². The Kier molecular flexibility index (Phi) is 17.7. The summed E-state index contributed by atoms with van der Waals surface area (Å²) in [6.07, 6.45) is 12.1. The second kappa shape index (κ2) is 24.7. The van der Waals surface area contributed by atoms with Crippen LogP contribution in [-0.4, -0.2) is 104 Å². The molecule has 3 aliphatic heterocycles. The van der Waals surface area contributed by atoms with Crippen molar-refractivity contribution in [2.24, 2.45) is 0 Å². The number of imide groups is 2. The number of rotatable bonds is 21. The summed E-state index contributed by atoms with van der Waals surface area (Å²) in [4.78, 5) is 86.1. The molecular formula is C56H62F3N9O6. The first-order valence-corrected chi connectivity index (χ1v) is 25.7. The van der Waals surface area contributed by atoms with E-state index in [1.807, 2.05) is 13.0 Å². The average Bonchev–Trinajstić information content (AvgIpc) is 3.96. The number of nitrogens with one attached hydrogen (secondary N) is 4. The number of aromatic nitrogens is 3. The summed E-state index contributed by atoms with van der Waals surface area (Å²) < 4.78 is 43.2. The number of alkyl halides is 3. The van der Waals surface area contributed by atoms with Crippen molar-refractivity contribution in [3.8, 4) is 11.8 Å². The lowest BCUT2D eigenvalue weighted by Gasteiger charge is -2.35. The van der Waals surface area contributed by atoms with Gasteiger partial charge in [0, 0.05) is 79.5 Å². The van der Waals surface area contributed by atoms with Gasteiger partial charge in [0.1, 0.15) is 6.04 Å². The van der Waals surface area contributed by atoms with Crippen LogP contribution in [0.2, 0.25) is 0 Å². The summed E-state index contributed by atoms with van der Waals surface area (Å²) in [6.45, 7) is 5.98. The van der Waals surface area contributed by atoms with Crippen LogP contribution < -0.4 is 16.0 Å². The van der Waals surface area contributed by atoms with Gasteiger partial charge in [0.2, 0.25) is 17.7 Å². The minimum absolute atomic E-state index is 0.0284. The molecule has 4 N–H and O–H groups in total. The first kappa shape index (κ1) is 53.1. The Hall–Kier alpha value is -7.23. The van der Waals surface area contributed by atoms with E-state index < -0.39 is 47.3 Å². The number of aromatic amines is 1. The van der Waals surface area contributed by atoms with Crippen molar-refractivity contribution in [1.29, 1.82) is 0 Å². The van der Waals surface area contributed by atoms with Gasteiger partial charge < -0.3 is 15.5 Å². The molecule has 18 heteroatoms. The second-order valence-corrected chi connectivity index (χ2v) is 19.5. The van der Waals surface area contributed by atoms with Crippen LogP contribution in [0.3, 0.4) is 0 Å². The predicted octanol–water partition coefficient (Wildman–Crippen LogP) is 9.17. The van der Waals surface area contributed by atoms with Crippen LogP contribution in [0, 0.1) is 18.8 Å². The molecule has 2 aromatic heterocycles. The summed E-state index contributed by atoms with van der Waals surface area (Å²) in [5, 5.41) is 15.2. The number of aryl methyl sites for hydroxylation is 1. The van der Waals surface area contributed by atoms with Crippen molar-refractivity contribution in [2.45, 2.75) is 122 Å². The maximum absolute atomic E-state index is 14.4. The summed E-state index contributed by atoms with van der Waals surface area (Å²) in [5.41, 5.74) is 2.98. The molecule has 3 aromatic carbocycles. The zero-order valence-electron chi connectivity index (χ0n) is 41.7. The van der Waals surface area contributed by atoms with Crippen molar-refractivity contribution >= 4 is 57.9 Å². The van der Waals surface area contributed by atoms with Crippen LogP contribution in [0.1, 0.15) is 155 Å². The third-order valence-corrected chi connectivity index (χ3v) is 14.0. The van der Waals surface area contributed by atoms with Crippen LogP contribution >= 0.6 is 0 Å². The van der Waals surface area contributed by atoms with Gasteiger partial charge in [0.25, 0.3) is 17.7 Å². The molecule has 0 radical (unpaired) electrons. The lowest BCUT2D eigenvalue weighted by molar-refractivity contribution is -0.138. The number of H-pyrrole nitrogens is 1. The molecule has 5 aromatic rings. The highest BCUT2D eigenvalue weighted by Gasteiger charge is 2.46. The molecule has 0 aliphatic carbocycles. The average molecular weight is 1010 g/mol. The summed E-state index contributed by atoms with van der Waals surface area (Å²) in [6, 6.07) is 14.5. The number of carbonyl (C=O) groups is 6.